The van der Waals surface area contributed by atoms with Crippen LogP contribution in [0.4, 0.5) is 5.69 Å². The molecule has 4 heteroatoms. The fourth-order valence-corrected chi connectivity index (χ4v) is 1.75. The van der Waals surface area contributed by atoms with E-state index in [9.17, 15) is 4.79 Å². The SMILES string of the molecule is O=C(CCc1ccc[nH]1)Nc1cccc(Cl)c1. The van der Waals surface area contributed by atoms with Crippen molar-refractivity contribution >= 4 is 23.2 Å². The molecule has 88 valence electrons. The van der Waals surface area contributed by atoms with E-state index < -0.39 is 0 Å². The highest BCUT2D eigenvalue weighted by Crippen LogP contribution is 2.15. The number of benzene rings is 1. The van der Waals surface area contributed by atoms with Crippen molar-refractivity contribution in [2.45, 2.75) is 12.8 Å². The number of hydrogen-bond donors (Lipinski definition) is 2. The molecule has 0 aliphatic carbocycles. The van der Waals surface area contributed by atoms with Gasteiger partial charge < -0.3 is 10.3 Å². The van der Waals surface area contributed by atoms with Crippen LogP contribution in [0.2, 0.25) is 5.02 Å². The predicted octanol–water partition coefficient (Wildman–Crippen LogP) is 3.24. The number of nitrogens with one attached hydrogen (secondary N) is 2. The number of aromatic nitrogens is 1. The Morgan fingerprint density at radius 1 is 1.29 bits per heavy atom. The summed E-state index contributed by atoms with van der Waals surface area (Å²) in [6, 6.07) is 11.0. The zero-order chi connectivity index (χ0) is 12.1. The molecule has 2 aromatic rings. The van der Waals surface area contributed by atoms with Gasteiger partial charge in [-0.1, -0.05) is 17.7 Å². The molecule has 0 unspecified atom stereocenters. The van der Waals surface area contributed by atoms with E-state index >= 15 is 0 Å². The van der Waals surface area contributed by atoms with Gasteiger partial charge in [-0.3, -0.25) is 4.79 Å². The molecule has 0 saturated heterocycles. The summed E-state index contributed by atoms with van der Waals surface area (Å²) in [7, 11) is 0. The number of aryl methyl sites for hydroxylation is 1. The largest absolute Gasteiger partial charge is 0.365 e. The Bertz CT molecular complexity index is 494. The third-order valence-electron chi connectivity index (χ3n) is 2.39. The third-order valence-corrected chi connectivity index (χ3v) is 2.63. The number of carbonyl (C=O) groups excluding carboxylic acids is 1. The highest BCUT2D eigenvalue weighted by atomic mass is 35.5. The van der Waals surface area contributed by atoms with Crippen LogP contribution in [0, 0.1) is 0 Å². The molecule has 3 nitrogen and oxygen atoms in total. The molecule has 1 amide bonds. The first-order valence-corrected chi connectivity index (χ1v) is 5.79. The average molecular weight is 249 g/mol. The summed E-state index contributed by atoms with van der Waals surface area (Å²) in [5, 5.41) is 3.43. The molecule has 0 atom stereocenters. The number of rotatable bonds is 4. The first-order valence-electron chi connectivity index (χ1n) is 5.42. The molecular formula is C13H13ClN2O. The Balaban J connectivity index is 1.85. The lowest BCUT2D eigenvalue weighted by atomic mass is 10.2. The first kappa shape index (κ1) is 11.7. The molecular weight excluding hydrogens is 236 g/mol. The predicted molar refractivity (Wildman–Crippen MR) is 69.2 cm³/mol. The quantitative estimate of drug-likeness (QED) is 0.857. The first-order chi connectivity index (χ1) is 8.24. The van der Waals surface area contributed by atoms with Crippen molar-refractivity contribution in [2.75, 3.05) is 5.32 Å². The second kappa shape index (κ2) is 5.55. The van der Waals surface area contributed by atoms with Gasteiger partial charge in [-0.25, -0.2) is 0 Å². The van der Waals surface area contributed by atoms with Gasteiger partial charge in [0.25, 0.3) is 0 Å². The molecule has 1 aromatic heterocycles. The van der Waals surface area contributed by atoms with E-state index in [0.717, 1.165) is 11.4 Å². The number of H-pyrrole nitrogens is 1. The van der Waals surface area contributed by atoms with Crippen molar-refractivity contribution in [2.24, 2.45) is 0 Å². The second-order valence-corrected chi connectivity index (χ2v) is 4.19. The Hall–Kier alpha value is -1.74. The maximum Gasteiger partial charge on any atom is 0.224 e. The Morgan fingerprint density at radius 3 is 2.88 bits per heavy atom. The molecule has 0 radical (unpaired) electrons. The van der Waals surface area contributed by atoms with Gasteiger partial charge in [0.05, 0.1) is 0 Å². The van der Waals surface area contributed by atoms with E-state index in [1.165, 1.54) is 0 Å². The molecule has 2 N–H and O–H groups in total. The van der Waals surface area contributed by atoms with Gasteiger partial charge in [0.15, 0.2) is 0 Å². The molecule has 0 fully saturated rings. The average Bonchev–Trinajstić information content (AvgIpc) is 2.79. The Kier molecular flexibility index (Phi) is 3.83. The number of amides is 1. The standard InChI is InChI=1S/C13H13ClN2O/c14-10-3-1-4-12(9-10)16-13(17)7-6-11-5-2-8-15-11/h1-5,8-9,15H,6-7H2,(H,16,17). The lowest BCUT2D eigenvalue weighted by Gasteiger charge is -2.04. The minimum atomic E-state index is -0.0122. The summed E-state index contributed by atoms with van der Waals surface area (Å²) in [5.41, 5.74) is 1.79. The molecule has 17 heavy (non-hydrogen) atoms. The minimum absolute atomic E-state index is 0.0122. The van der Waals surface area contributed by atoms with Gasteiger partial charge in [0, 0.05) is 29.0 Å². The van der Waals surface area contributed by atoms with E-state index in [0.29, 0.717) is 17.9 Å². The fraction of sp³-hybridized carbons (Fsp3) is 0.154. The van der Waals surface area contributed by atoms with Crippen molar-refractivity contribution in [3.63, 3.8) is 0 Å². The summed E-state index contributed by atoms with van der Waals surface area (Å²) in [5.74, 6) is -0.0122. The number of carbonyl (C=O) groups is 1. The molecule has 1 heterocycles. The molecule has 2 rings (SSSR count). The van der Waals surface area contributed by atoms with E-state index in [2.05, 4.69) is 10.3 Å². The van der Waals surface area contributed by atoms with Gasteiger partial charge in [-0.2, -0.15) is 0 Å². The van der Waals surface area contributed by atoms with Gasteiger partial charge in [0.2, 0.25) is 5.91 Å². The fourth-order valence-electron chi connectivity index (χ4n) is 1.56. The van der Waals surface area contributed by atoms with Crippen LogP contribution in [0.3, 0.4) is 0 Å². The van der Waals surface area contributed by atoms with Crippen LogP contribution < -0.4 is 5.32 Å². The number of aromatic amines is 1. The Morgan fingerprint density at radius 2 is 2.18 bits per heavy atom. The van der Waals surface area contributed by atoms with Gasteiger partial charge in [-0.05, 0) is 36.8 Å². The maximum atomic E-state index is 11.7. The van der Waals surface area contributed by atoms with Crippen LogP contribution >= 0.6 is 11.6 Å². The molecule has 0 spiro atoms. The summed E-state index contributed by atoms with van der Waals surface area (Å²) in [4.78, 5) is 14.7. The molecule has 0 bridgehead atoms. The smallest absolute Gasteiger partial charge is 0.224 e. The van der Waals surface area contributed by atoms with Crippen molar-refractivity contribution in [1.82, 2.24) is 4.98 Å². The van der Waals surface area contributed by atoms with Gasteiger partial charge in [-0.15, -0.1) is 0 Å². The third kappa shape index (κ3) is 3.64. The monoisotopic (exact) mass is 248 g/mol. The highest BCUT2D eigenvalue weighted by Gasteiger charge is 2.03. The zero-order valence-electron chi connectivity index (χ0n) is 9.24. The van der Waals surface area contributed by atoms with E-state index in [4.69, 9.17) is 11.6 Å². The maximum absolute atomic E-state index is 11.7. The molecule has 0 aliphatic heterocycles. The summed E-state index contributed by atoms with van der Waals surface area (Å²) in [6.07, 6.45) is 3.01. The minimum Gasteiger partial charge on any atom is -0.365 e. The summed E-state index contributed by atoms with van der Waals surface area (Å²) < 4.78 is 0. The van der Waals surface area contributed by atoms with Crippen molar-refractivity contribution in [3.8, 4) is 0 Å². The number of anilines is 1. The van der Waals surface area contributed by atoms with Crippen LogP contribution in [0.15, 0.2) is 42.6 Å². The Labute approximate surface area is 105 Å². The van der Waals surface area contributed by atoms with E-state index in [-0.39, 0.29) is 5.91 Å². The van der Waals surface area contributed by atoms with Crippen molar-refractivity contribution in [1.29, 1.82) is 0 Å². The van der Waals surface area contributed by atoms with Crippen LogP contribution in [-0.4, -0.2) is 10.9 Å². The topological polar surface area (TPSA) is 44.9 Å². The molecule has 1 aromatic carbocycles. The molecule has 0 saturated carbocycles. The van der Waals surface area contributed by atoms with Crippen LogP contribution in [-0.2, 0) is 11.2 Å². The lowest BCUT2D eigenvalue weighted by molar-refractivity contribution is -0.116. The van der Waals surface area contributed by atoms with Gasteiger partial charge in [0.1, 0.15) is 0 Å². The van der Waals surface area contributed by atoms with Crippen molar-refractivity contribution < 1.29 is 4.79 Å². The second-order valence-electron chi connectivity index (χ2n) is 3.75. The van der Waals surface area contributed by atoms with E-state index in [1.807, 2.05) is 30.5 Å². The van der Waals surface area contributed by atoms with Crippen LogP contribution in [0.25, 0.3) is 0 Å². The number of hydrogen-bond acceptors (Lipinski definition) is 1. The summed E-state index contributed by atoms with van der Waals surface area (Å²) in [6.45, 7) is 0. The normalized spacial score (nSPS) is 10.2. The molecule has 0 aliphatic rings. The van der Waals surface area contributed by atoms with Crippen LogP contribution in [0.5, 0.6) is 0 Å². The van der Waals surface area contributed by atoms with Gasteiger partial charge >= 0.3 is 0 Å². The highest BCUT2D eigenvalue weighted by molar-refractivity contribution is 6.30. The van der Waals surface area contributed by atoms with Crippen LogP contribution in [0.1, 0.15) is 12.1 Å². The lowest BCUT2D eigenvalue weighted by Crippen LogP contribution is -2.12. The van der Waals surface area contributed by atoms with Crippen molar-refractivity contribution in [3.05, 3.63) is 53.3 Å². The number of halogens is 1. The van der Waals surface area contributed by atoms with E-state index in [1.54, 1.807) is 12.1 Å². The summed E-state index contributed by atoms with van der Waals surface area (Å²) >= 11 is 5.83. The zero-order valence-corrected chi connectivity index (χ0v) is 10.00.